The van der Waals surface area contributed by atoms with Crippen molar-refractivity contribution in [1.82, 2.24) is 4.98 Å². The monoisotopic (exact) mass is 515 g/mol. The molecule has 0 bridgehead atoms. The van der Waals surface area contributed by atoms with Crippen LogP contribution >= 0.6 is 11.8 Å². The van der Waals surface area contributed by atoms with Crippen molar-refractivity contribution in [2.45, 2.75) is 19.0 Å². The smallest absolute Gasteiger partial charge is 0.416 e. The van der Waals surface area contributed by atoms with Gasteiger partial charge in [0.2, 0.25) is 5.91 Å². The Morgan fingerprint density at radius 1 is 1.11 bits per heavy atom. The highest BCUT2D eigenvalue weighted by Crippen LogP contribution is 2.38. The van der Waals surface area contributed by atoms with E-state index >= 15 is 0 Å². The molecule has 2 aromatic carbocycles. The molecule has 3 heterocycles. The Morgan fingerprint density at radius 2 is 1.92 bits per heavy atom. The number of allylic oxidation sites excluding steroid dienone is 1. The molecule has 0 spiro atoms. The number of alkyl halides is 3. The molecule has 1 aromatic heterocycles. The van der Waals surface area contributed by atoms with Crippen LogP contribution in [0.1, 0.15) is 24.0 Å². The largest absolute Gasteiger partial charge is 0.493 e. The number of rotatable bonds is 3. The van der Waals surface area contributed by atoms with Crippen LogP contribution in [0.25, 0.3) is 16.5 Å². The number of nitrogens with zero attached hydrogens (tertiary/aromatic N) is 1. The number of amides is 1. The zero-order valence-electron chi connectivity index (χ0n) is 19.3. The van der Waals surface area contributed by atoms with E-state index in [4.69, 9.17) is 4.74 Å². The molecule has 2 aliphatic heterocycles. The van der Waals surface area contributed by atoms with Crippen LogP contribution in [-0.2, 0) is 11.0 Å². The third-order valence-corrected chi connectivity index (χ3v) is 7.20. The number of fused-ring (bicyclic) bond motifs is 2. The molecule has 0 saturated carbocycles. The summed E-state index contributed by atoms with van der Waals surface area (Å²) < 4.78 is 44.8. The summed E-state index contributed by atoms with van der Waals surface area (Å²) in [6.45, 7) is 1.92. The van der Waals surface area contributed by atoms with Crippen LogP contribution in [0.15, 0.2) is 53.3 Å². The average Bonchev–Trinajstić information content (AvgIpc) is 3.05. The van der Waals surface area contributed by atoms with Gasteiger partial charge in [0.25, 0.3) is 5.56 Å². The van der Waals surface area contributed by atoms with E-state index in [1.807, 2.05) is 23.9 Å². The fraction of sp³-hybridized carbons (Fsp3) is 0.308. The van der Waals surface area contributed by atoms with Crippen molar-refractivity contribution in [3.63, 3.8) is 0 Å². The number of hydrogen-bond acceptors (Lipinski definition) is 5. The van der Waals surface area contributed by atoms with Gasteiger partial charge in [0, 0.05) is 47.3 Å². The first-order valence-corrected chi connectivity index (χ1v) is 12.8. The third kappa shape index (κ3) is 5.23. The van der Waals surface area contributed by atoms with Gasteiger partial charge in [-0.2, -0.15) is 24.9 Å². The number of anilines is 2. The van der Waals surface area contributed by atoms with Gasteiger partial charge < -0.3 is 19.9 Å². The molecule has 5 rings (SSSR count). The van der Waals surface area contributed by atoms with E-state index in [9.17, 15) is 22.8 Å². The minimum atomic E-state index is -4.48. The fourth-order valence-corrected chi connectivity index (χ4v) is 5.36. The molecule has 0 radical (unpaired) electrons. The van der Waals surface area contributed by atoms with Gasteiger partial charge in [-0.25, -0.2) is 0 Å². The number of halogens is 3. The van der Waals surface area contributed by atoms with E-state index in [2.05, 4.69) is 15.2 Å². The summed E-state index contributed by atoms with van der Waals surface area (Å²) in [5, 5.41) is 3.65. The number of ether oxygens (including phenoxy) is 1. The van der Waals surface area contributed by atoms with Gasteiger partial charge >= 0.3 is 6.18 Å². The molecule has 6 nitrogen and oxygen atoms in total. The normalized spacial score (nSPS) is 17.4. The van der Waals surface area contributed by atoms with E-state index in [0.29, 0.717) is 40.9 Å². The Morgan fingerprint density at radius 3 is 2.69 bits per heavy atom. The van der Waals surface area contributed by atoms with Crippen molar-refractivity contribution in [1.29, 1.82) is 0 Å². The van der Waals surface area contributed by atoms with E-state index in [1.165, 1.54) is 12.1 Å². The van der Waals surface area contributed by atoms with Gasteiger partial charge in [0.15, 0.2) is 0 Å². The number of aromatic nitrogens is 1. The van der Waals surface area contributed by atoms with Gasteiger partial charge in [-0.15, -0.1) is 0 Å². The molecular weight excluding hydrogens is 491 g/mol. The molecule has 36 heavy (non-hydrogen) atoms. The molecule has 0 atom stereocenters. The topological polar surface area (TPSA) is 74.4 Å². The maximum atomic E-state index is 13.1. The molecule has 0 aliphatic carbocycles. The van der Waals surface area contributed by atoms with Crippen molar-refractivity contribution in [3.8, 4) is 5.75 Å². The Kier molecular flexibility index (Phi) is 6.70. The highest BCUT2D eigenvalue weighted by Gasteiger charge is 2.32. The highest BCUT2D eigenvalue weighted by atomic mass is 32.2. The number of carbonyl (C=O) groups is 1. The second-order valence-electron chi connectivity index (χ2n) is 8.70. The highest BCUT2D eigenvalue weighted by molar-refractivity contribution is 7.99. The second-order valence-corrected chi connectivity index (χ2v) is 9.93. The molecule has 1 amide bonds. The number of benzene rings is 2. The predicted octanol–water partition coefficient (Wildman–Crippen LogP) is 5.29. The molecule has 0 unspecified atom stereocenters. The van der Waals surface area contributed by atoms with Crippen molar-refractivity contribution >= 4 is 45.5 Å². The van der Waals surface area contributed by atoms with Gasteiger partial charge in [-0.3, -0.25) is 9.59 Å². The minimum Gasteiger partial charge on any atom is -0.493 e. The number of thioether (sulfide) groups is 1. The van der Waals surface area contributed by atoms with E-state index in [0.717, 1.165) is 42.1 Å². The second kappa shape index (κ2) is 9.93. The van der Waals surface area contributed by atoms with E-state index in [1.54, 1.807) is 12.1 Å². The quantitative estimate of drug-likeness (QED) is 0.464. The van der Waals surface area contributed by atoms with Crippen LogP contribution in [0.3, 0.4) is 0 Å². The zero-order valence-corrected chi connectivity index (χ0v) is 20.1. The Labute approximate surface area is 209 Å². The van der Waals surface area contributed by atoms with Crippen molar-refractivity contribution in [2.75, 3.05) is 41.4 Å². The first-order valence-electron chi connectivity index (χ1n) is 11.6. The summed E-state index contributed by atoms with van der Waals surface area (Å²) in [5.41, 5.74) is 1.86. The molecule has 188 valence electrons. The Hall–Kier alpha value is -3.40. The van der Waals surface area contributed by atoms with Gasteiger partial charge in [0.05, 0.1) is 17.7 Å². The molecule has 10 heteroatoms. The lowest BCUT2D eigenvalue weighted by molar-refractivity contribution is -0.137. The molecule has 3 aromatic rings. The van der Waals surface area contributed by atoms with Crippen LogP contribution in [0, 0.1) is 0 Å². The summed E-state index contributed by atoms with van der Waals surface area (Å²) in [4.78, 5) is 30.5. The standard InChI is InChI=1S/C26H24F3N3O3S/c27-26(28,29)18-4-6-20-16(2-1-9-35-23(20)14-18)13-24(33)30-19-5-3-17-12-22(25(34)31-21(17)15-19)32-7-10-36-11-8-32/h3-6,12-15H,1-2,7-11H2,(H,30,33)(H,31,34). The Balaban J connectivity index is 1.37. The molecular formula is C26H24F3N3O3S. The summed E-state index contributed by atoms with van der Waals surface area (Å²) in [6.07, 6.45) is -2.01. The minimum absolute atomic E-state index is 0.118. The number of hydrogen-bond donors (Lipinski definition) is 2. The summed E-state index contributed by atoms with van der Waals surface area (Å²) in [5.74, 6) is 1.67. The van der Waals surface area contributed by atoms with Crippen LogP contribution in [0.2, 0.25) is 0 Å². The lowest BCUT2D eigenvalue weighted by Crippen LogP contribution is -2.36. The first-order chi connectivity index (χ1) is 17.3. The lowest BCUT2D eigenvalue weighted by atomic mass is 9.99. The number of nitrogens with one attached hydrogen (secondary N) is 2. The van der Waals surface area contributed by atoms with Crippen molar-refractivity contribution in [3.05, 3.63) is 70.0 Å². The number of H-pyrrole nitrogens is 1. The zero-order chi connectivity index (χ0) is 25.3. The third-order valence-electron chi connectivity index (χ3n) is 6.25. The van der Waals surface area contributed by atoms with Crippen LogP contribution in [0.4, 0.5) is 24.5 Å². The SMILES string of the molecule is O=C(C=C1CCCOc2cc(C(F)(F)F)ccc21)Nc1ccc2cc(N3CCSCC3)c(=O)[nH]c2c1. The molecule has 2 N–H and O–H groups in total. The maximum absolute atomic E-state index is 13.1. The number of carbonyl (C=O) groups excluding carboxylic acids is 1. The first kappa shape index (κ1) is 24.3. The fourth-order valence-electron chi connectivity index (χ4n) is 4.46. The molecule has 2 aliphatic rings. The van der Waals surface area contributed by atoms with Gasteiger partial charge in [-0.1, -0.05) is 12.1 Å². The summed E-state index contributed by atoms with van der Waals surface area (Å²) in [6, 6.07) is 10.5. The summed E-state index contributed by atoms with van der Waals surface area (Å²) >= 11 is 1.87. The predicted molar refractivity (Wildman–Crippen MR) is 137 cm³/mol. The van der Waals surface area contributed by atoms with E-state index < -0.39 is 17.6 Å². The van der Waals surface area contributed by atoms with Crippen LogP contribution in [-0.4, -0.2) is 42.1 Å². The molecule has 1 saturated heterocycles. The van der Waals surface area contributed by atoms with Crippen LogP contribution < -0.4 is 20.5 Å². The van der Waals surface area contributed by atoms with Crippen molar-refractivity contribution < 1.29 is 22.7 Å². The van der Waals surface area contributed by atoms with Crippen molar-refractivity contribution in [2.24, 2.45) is 0 Å². The number of aromatic amines is 1. The summed E-state index contributed by atoms with van der Waals surface area (Å²) in [7, 11) is 0. The Bertz CT molecular complexity index is 1390. The maximum Gasteiger partial charge on any atom is 0.416 e. The lowest BCUT2D eigenvalue weighted by Gasteiger charge is -2.27. The van der Waals surface area contributed by atoms with Gasteiger partial charge in [-0.05, 0) is 48.7 Å². The van der Waals surface area contributed by atoms with Gasteiger partial charge in [0.1, 0.15) is 11.4 Å². The van der Waals surface area contributed by atoms with E-state index in [-0.39, 0.29) is 17.9 Å². The number of pyridine rings is 1. The average molecular weight is 516 g/mol. The molecule has 1 fully saturated rings. The van der Waals surface area contributed by atoms with Crippen LogP contribution in [0.5, 0.6) is 5.75 Å².